The smallest absolute Gasteiger partial charge is 0.315 e. The quantitative estimate of drug-likeness (QED) is 0.750. The van der Waals surface area contributed by atoms with Crippen molar-refractivity contribution >= 4 is 6.03 Å². The lowest BCUT2D eigenvalue weighted by molar-refractivity contribution is 0.237. The summed E-state index contributed by atoms with van der Waals surface area (Å²) >= 11 is 0. The van der Waals surface area contributed by atoms with E-state index < -0.39 is 6.04 Å². The van der Waals surface area contributed by atoms with E-state index in [9.17, 15) is 9.18 Å². The number of imidazole rings is 1. The van der Waals surface area contributed by atoms with E-state index in [0.29, 0.717) is 12.4 Å². The van der Waals surface area contributed by atoms with Crippen LogP contribution in [0.1, 0.15) is 23.1 Å². The fourth-order valence-electron chi connectivity index (χ4n) is 2.46. The predicted molar refractivity (Wildman–Crippen MR) is 91.1 cm³/mol. The van der Waals surface area contributed by atoms with Crippen molar-refractivity contribution in [1.29, 1.82) is 0 Å². The third-order valence-corrected chi connectivity index (χ3v) is 3.75. The van der Waals surface area contributed by atoms with Crippen LogP contribution in [0.4, 0.5) is 9.18 Å². The average Bonchev–Trinajstić information content (AvgIpc) is 3.05. The second-order valence-corrected chi connectivity index (χ2v) is 5.53. The third-order valence-electron chi connectivity index (χ3n) is 3.75. The molecule has 0 radical (unpaired) electrons. The molecule has 0 spiro atoms. The first kappa shape index (κ1) is 16.6. The minimum Gasteiger partial charge on any atom is -0.336 e. The molecule has 0 saturated heterocycles. The van der Waals surface area contributed by atoms with E-state index in [-0.39, 0.29) is 11.8 Å². The van der Waals surface area contributed by atoms with E-state index in [0.717, 1.165) is 11.3 Å². The fourth-order valence-corrected chi connectivity index (χ4v) is 2.46. The maximum absolute atomic E-state index is 13.2. The van der Waals surface area contributed by atoms with Gasteiger partial charge in [-0.15, -0.1) is 0 Å². The van der Waals surface area contributed by atoms with Crippen LogP contribution in [0.25, 0.3) is 0 Å². The Balaban J connectivity index is 1.74. The molecular weight excluding hydrogens is 321 g/mol. The molecule has 3 rings (SSSR count). The van der Waals surface area contributed by atoms with Crippen LogP contribution in [0.3, 0.4) is 0 Å². The maximum atomic E-state index is 13.2. The first-order chi connectivity index (χ1) is 12.1. The van der Waals surface area contributed by atoms with Gasteiger partial charge < -0.3 is 15.2 Å². The van der Waals surface area contributed by atoms with Gasteiger partial charge in [0.2, 0.25) is 0 Å². The molecule has 25 heavy (non-hydrogen) atoms. The Bertz CT molecular complexity index is 832. The van der Waals surface area contributed by atoms with Gasteiger partial charge in [0.25, 0.3) is 0 Å². The first-order valence-corrected chi connectivity index (χ1v) is 7.80. The Labute approximate surface area is 144 Å². The highest BCUT2D eigenvalue weighted by molar-refractivity contribution is 5.74. The number of nitrogens with zero attached hydrogens (tertiary/aromatic N) is 3. The van der Waals surface area contributed by atoms with Crippen LogP contribution in [-0.2, 0) is 13.6 Å². The molecular formula is C18H18FN5O. The summed E-state index contributed by atoms with van der Waals surface area (Å²) in [5.74, 6) is 0.321. The monoisotopic (exact) mass is 339 g/mol. The summed E-state index contributed by atoms with van der Waals surface area (Å²) in [5, 5.41) is 5.65. The number of nitrogens with one attached hydrogen (secondary N) is 2. The van der Waals surface area contributed by atoms with Crippen LogP contribution in [0, 0.1) is 5.82 Å². The molecule has 2 aromatic heterocycles. The van der Waals surface area contributed by atoms with E-state index in [1.807, 2.05) is 29.8 Å². The normalized spacial score (nSPS) is 11.8. The zero-order valence-corrected chi connectivity index (χ0v) is 13.7. The van der Waals surface area contributed by atoms with Crippen molar-refractivity contribution in [2.75, 3.05) is 0 Å². The van der Waals surface area contributed by atoms with Crippen LogP contribution >= 0.6 is 0 Å². The molecule has 0 aliphatic heterocycles. The number of benzene rings is 1. The van der Waals surface area contributed by atoms with Crippen molar-refractivity contribution in [1.82, 2.24) is 25.2 Å². The van der Waals surface area contributed by atoms with Gasteiger partial charge in [-0.1, -0.05) is 18.2 Å². The van der Waals surface area contributed by atoms with Crippen molar-refractivity contribution in [3.63, 3.8) is 0 Å². The van der Waals surface area contributed by atoms with Gasteiger partial charge in [0, 0.05) is 25.6 Å². The van der Waals surface area contributed by atoms with Crippen molar-refractivity contribution in [3.8, 4) is 0 Å². The van der Waals surface area contributed by atoms with Crippen LogP contribution in [0.15, 0.2) is 61.1 Å². The predicted octanol–water partition coefficient (Wildman–Crippen LogP) is 2.54. The topological polar surface area (TPSA) is 71.8 Å². The Kier molecular flexibility index (Phi) is 5.03. The largest absolute Gasteiger partial charge is 0.336 e. The number of carbonyl (C=O) groups excluding carboxylic acids is 1. The number of carbonyl (C=O) groups is 1. The van der Waals surface area contributed by atoms with Crippen molar-refractivity contribution in [2.45, 2.75) is 12.6 Å². The van der Waals surface area contributed by atoms with Crippen LogP contribution in [0.2, 0.25) is 0 Å². The summed E-state index contributed by atoms with van der Waals surface area (Å²) in [5.41, 5.74) is 1.50. The number of pyridine rings is 1. The minimum atomic E-state index is -0.496. The number of halogens is 1. The number of hydrogen-bond donors (Lipinski definition) is 2. The molecule has 2 heterocycles. The van der Waals surface area contributed by atoms with E-state index >= 15 is 0 Å². The highest BCUT2D eigenvalue weighted by atomic mass is 19.1. The minimum absolute atomic E-state index is 0.309. The summed E-state index contributed by atoms with van der Waals surface area (Å²) in [6.07, 6.45) is 5.11. The Morgan fingerprint density at radius 1 is 1.16 bits per heavy atom. The van der Waals surface area contributed by atoms with E-state index in [4.69, 9.17) is 0 Å². The van der Waals surface area contributed by atoms with Crippen LogP contribution in [-0.4, -0.2) is 20.6 Å². The molecule has 7 heteroatoms. The molecule has 0 aliphatic carbocycles. The SMILES string of the molecule is Cn1ccnc1C(NC(=O)NCc1ccccn1)c1ccc(F)cc1. The summed E-state index contributed by atoms with van der Waals surface area (Å²) in [7, 11) is 1.84. The number of aryl methyl sites for hydroxylation is 1. The Hall–Kier alpha value is -3.22. The molecule has 0 aliphatic rings. The van der Waals surface area contributed by atoms with Gasteiger partial charge in [0.05, 0.1) is 12.2 Å². The second-order valence-electron chi connectivity index (χ2n) is 5.53. The van der Waals surface area contributed by atoms with Gasteiger partial charge in [0.15, 0.2) is 0 Å². The molecule has 0 bridgehead atoms. The van der Waals surface area contributed by atoms with Crippen molar-refractivity contribution in [2.24, 2.45) is 7.05 Å². The molecule has 1 aromatic carbocycles. The summed E-state index contributed by atoms with van der Waals surface area (Å²) in [6, 6.07) is 10.6. The van der Waals surface area contributed by atoms with Crippen molar-refractivity contribution in [3.05, 3.63) is 84.0 Å². The van der Waals surface area contributed by atoms with E-state index in [1.54, 1.807) is 30.7 Å². The molecule has 6 nitrogen and oxygen atoms in total. The van der Waals surface area contributed by atoms with Gasteiger partial charge in [-0.3, -0.25) is 4.98 Å². The van der Waals surface area contributed by atoms with Crippen LogP contribution in [0.5, 0.6) is 0 Å². The molecule has 128 valence electrons. The van der Waals surface area contributed by atoms with Gasteiger partial charge in [-0.2, -0.15) is 0 Å². The first-order valence-electron chi connectivity index (χ1n) is 7.80. The lowest BCUT2D eigenvalue weighted by atomic mass is 10.1. The summed E-state index contributed by atoms with van der Waals surface area (Å²) in [4.78, 5) is 20.8. The van der Waals surface area contributed by atoms with E-state index in [2.05, 4.69) is 20.6 Å². The average molecular weight is 339 g/mol. The molecule has 1 unspecified atom stereocenters. The Morgan fingerprint density at radius 3 is 2.60 bits per heavy atom. The summed E-state index contributed by atoms with van der Waals surface area (Å²) < 4.78 is 15.0. The molecule has 2 amide bonds. The molecule has 1 atom stereocenters. The van der Waals surface area contributed by atoms with Gasteiger partial charge in [-0.25, -0.2) is 14.2 Å². The van der Waals surface area contributed by atoms with Crippen LogP contribution < -0.4 is 10.6 Å². The molecule has 2 N–H and O–H groups in total. The van der Waals surface area contributed by atoms with Gasteiger partial charge in [0.1, 0.15) is 17.7 Å². The standard InChI is InChI=1S/C18H18FN5O/c1-24-11-10-21-17(24)16(13-5-7-14(19)8-6-13)23-18(25)22-12-15-4-2-3-9-20-15/h2-11,16H,12H2,1H3,(H2,22,23,25). The van der Waals surface area contributed by atoms with E-state index in [1.165, 1.54) is 12.1 Å². The fraction of sp³-hybridized carbons (Fsp3) is 0.167. The van der Waals surface area contributed by atoms with Crippen molar-refractivity contribution < 1.29 is 9.18 Å². The Morgan fingerprint density at radius 2 is 1.96 bits per heavy atom. The second kappa shape index (κ2) is 7.57. The third kappa shape index (κ3) is 4.20. The maximum Gasteiger partial charge on any atom is 0.315 e. The molecule has 0 fully saturated rings. The molecule has 3 aromatic rings. The number of aromatic nitrogens is 3. The highest BCUT2D eigenvalue weighted by Crippen LogP contribution is 2.20. The number of rotatable bonds is 5. The lowest BCUT2D eigenvalue weighted by Gasteiger charge is -2.19. The van der Waals surface area contributed by atoms with Gasteiger partial charge in [-0.05, 0) is 29.8 Å². The number of urea groups is 1. The molecule has 0 saturated carbocycles. The lowest BCUT2D eigenvalue weighted by Crippen LogP contribution is -2.39. The van der Waals surface area contributed by atoms with Gasteiger partial charge >= 0.3 is 6.03 Å². The highest BCUT2D eigenvalue weighted by Gasteiger charge is 2.20. The zero-order valence-electron chi connectivity index (χ0n) is 13.7. The summed E-state index contributed by atoms with van der Waals surface area (Å²) in [6.45, 7) is 0.309. The number of amides is 2. The zero-order chi connectivity index (χ0) is 17.6. The number of hydrogen-bond acceptors (Lipinski definition) is 3.